The van der Waals surface area contributed by atoms with Gasteiger partial charge in [0.15, 0.2) is 0 Å². The molecule has 2 aliphatic carbocycles. The van der Waals surface area contributed by atoms with Gasteiger partial charge in [0.1, 0.15) is 12.2 Å². The molecule has 31 heavy (non-hydrogen) atoms. The van der Waals surface area contributed by atoms with E-state index in [1.807, 2.05) is 19.9 Å². The van der Waals surface area contributed by atoms with Gasteiger partial charge >= 0.3 is 17.9 Å². The number of epoxide rings is 1. The summed E-state index contributed by atoms with van der Waals surface area (Å²) in [5.74, 6) is -1.52. The van der Waals surface area contributed by atoms with Crippen LogP contribution in [0.3, 0.4) is 0 Å². The fraction of sp³-hybridized carbons (Fsp3) is 0.696. The lowest BCUT2D eigenvalue weighted by Gasteiger charge is -2.59. The van der Waals surface area contributed by atoms with Gasteiger partial charge in [-0.05, 0) is 37.2 Å². The Morgan fingerprint density at radius 2 is 2.03 bits per heavy atom. The molecule has 1 aromatic heterocycles. The second kappa shape index (κ2) is 6.58. The van der Waals surface area contributed by atoms with Gasteiger partial charge in [0.25, 0.3) is 0 Å². The predicted octanol–water partition coefficient (Wildman–Crippen LogP) is 2.95. The standard InChI is InChI=1S/C23H28O8/c1-12-9-18(29-13(2)24)21(3)16(5-6-17-23(21,31-17)20(26)27-4)22(12)10-15(30-19(22)25)14-7-8-28-11-14/h7-8,11-12,15-18H,5-6,9-10H2,1-4H3/t12-,15+,16-,17-,18+,21-,22-,23+/m1/s1. The molecule has 2 saturated heterocycles. The normalized spacial score (nSPS) is 45.4. The van der Waals surface area contributed by atoms with Crippen LogP contribution in [0.1, 0.15) is 58.1 Å². The van der Waals surface area contributed by atoms with Gasteiger partial charge in [-0.1, -0.05) is 13.8 Å². The lowest BCUT2D eigenvalue weighted by Crippen LogP contribution is -2.67. The molecular weight excluding hydrogens is 404 g/mol. The molecule has 0 bridgehead atoms. The van der Waals surface area contributed by atoms with Crippen molar-refractivity contribution >= 4 is 17.9 Å². The molecule has 3 heterocycles. The molecule has 0 unspecified atom stereocenters. The summed E-state index contributed by atoms with van der Waals surface area (Å²) in [4.78, 5) is 38.6. The van der Waals surface area contributed by atoms with Gasteiger partial charge in [-0.3, -0.25) is 9.59 Å². The molecule has 8 heteroatoms. The number of carbonyl (C=O) groups excluding carboxylic acids is 3. The highest BCUT2D eigenvalue weighted by atomic mass is 16.7. The molecule has 2 aliphatic heterocycles. The SMILES string of the molecule is COC(=O)[C@@]12O[C@@H]1CC[C@H]1[C@@]3(C[C@@H](c4ccoc4)OC3=O)[C@H](C)C[C@H](OC(C)=O)[C@@]12C. The fourth-order valence-electron chi connectivity index (χ4n) is 7.10. The molecule has 0 amide bonds. The summed E-state index contributed by atoms with van der Waals surface area (Å²) >= 11 is 0. The summed E-state index contributed by atoms with van der Waals surface area (Å²) in [6, 6.07) is 1.81. The van der Waals surface area contributed by atoms with Crippen molar-refractivity contribution in [2.45, 2.75) is 70.4 Å². The molecule has 0 N–H and O–H groups in total. The number of rotatable bonds is 3. The van der Waals surface area contributed by atoms with Gasteiger partial charge in [0.05, 0.1) is 36.6 Å². The van der Waals surface area contributed by atoms with Crippen LogP contribution in [0.15, 0.2) is 23.0 Å². The Morgan fingerprint density at radius 1 is 1.26 bits per heavy atom. The average Bonchev–Trinajstić information content (AvgIpc) is 3.07. The van der Waals surface area contributed by atoms with Crippen molar-refractivity contribution < 1.29 is 37.7 Å². The van der Waals surface area contributed by atoms with E-state index in [9.17, 15) is 14.4 Å². The van der Waals surface area contributed by atoms with Crippen LogP contribution < -0.4 is 0 Å². The molecule has 0 radical (unpaired) electrons. The van der Waals surface area contributed by atoms with Crippen LogP contribution in [-0.4, -0.2) is 42.8 Å². The van der Waals surface area contributed by atoms with Crippen LogP contribution in [0.2, 0.25) is 0 Å². The van der Waals surface area contributed by atoms with E-state index in [2.05, 4.69) is 0 Å². The smallest absolute Gasteiger partial charge is 0.341 e. The van der Waals surface area contributed by atoms with Crippen molar-refractivity contribution in [1.29, 1.82) is 0 Å². The summed E-state index contributed by atoms with van der Waals surface area (Å²) in [6.45, 7) is 5.30. The number of hydrogen-bond acceptors (Lipinski definition) is 8. The Morgan fingerprint density at radius 3 is 2.68 bits per heavy atom. The minimum Gasteiger partial charge on any atom is -0.472 e. The van der Waals surface area contributed by atoms with Crippen molar-refractivity contribution in [3.8, 4) is 0 Å². The van der Waals surface area contributed by atoms with Crippen molar-refractivity contribution in [2.24, 2.45) is 22.7 Å². The predicted molar refractivity (Wildman–Crippen MR) is 104 cm³/mol. The number of cyclic esters (lactones) is 1. The van der Waals surface area contributed by atoms with Crippen molar-refractivity contribution in [2.75, 3.05) is 7.11 Å². The van der Waals surface area contributed by atoms with Gasteiger partial charge in [0, 0.05) is 18.9 Å². The summed E-state index contributed by atoms with van der Waals surface area (Å²) in [5, 5.41) is 0. The van der Waals surface area contributed by atoms with Gasteiger partial charge < -0.3 is 23.4 Å². The van der Waals surface area contributed by atoms with Crippen LogP contribution in [0, 0.1) is 22.7 Å². The zero-order valence-corrected chi connectivity index (χ0v) is 18.2. The lowest BCUT2D eigenvalue weighted by atomic mass is 9.43. The largest absolute Gasteiger partial charge is 0.472 e. The van der Waals surface area contributed by atoms with Gasteiger partial charge in [0.2, 0.25) is 5.60 Å². The van der Waals surface area contributed by atoms with E-state index >= 15 is 0 Å². The van der Waals surface area contributed by atoms with E-state index in [-0.39, 0.29) is 23.9 Å². The van der Waals surface area contributed by atoms with Crippen molar-refractivity contribution in [3.63, 3.8) is 0 Å². The first-order valence-electron chi connectivity index (χ1n) is 10.9. The highest BCUT2D eigenvalue weighted by Crippen LogP contribution is 2.73. The van der Waals surface area contributed by atoms with Crippen molar-refractivity contribution in [3.05, 3.63) is 24.2 Å². The number of hydrogen-bond donors (Lipinski definition) is 0. The number of methoxy groups -OCH3 is 1. The van der Waals surface area contributed by atoms with E-state index in [0.29, 0.717) is 25.7 Å². The number of fused-ring (bicyclic) bond motifs is 4. The average molecular weight is 432 g/mol. The number of esters is 3. The molecule has 168 valence electrons. The Bertz CT molecular complexity index is 924. The van der Waals surface area contributed by atoms with Gasteiger partial charge in [-0.25, -0.2) is 4.79 Å². The first-order valence-corrected chi connectivity index (χ1v) is 10.9. The molecule has 4 aliphatic rings. The summed E-state index contributed by atoms with van der Waals surface area (Å²) in [7, 11) is 1.34. The Balaban J connectivity index is 1.62. The molecule has 4 fully saturated rings. The maximum Gasteiger partial charge on any atom is 0.341 e. The monoisotopic (exact) mass is 432 g/mol. The first kappa shape index (κ1) is 20.5. The van der Waals surface area contributed by atoms with Gasteiger partial charge in [-0.2, -0.15) is 0 Å². The highest BCUT2D eigenvalue weighted by molar-refractivity contribution is 5.87. The molecule has 0 aromatic carbocycles. The molecule has 1 spiro atoms. The maximum atomic E-state index is 13.5. The van der Waals surface area contributed by atoms with E-state index in [4.69, 9.17) is 23.4 Å². The second-order valence-electron chi connectivity index (χ2n) is 9.68. The topological polar surface area (TPSA) is 105 Å². The van der Waals surface area contributed by atoms with Crippen LogP contribution in [0.4, 0.5) is 0 Å². The Labute approximate surface area is 180 Å². The number of furan rings is 1. The van der Waals surface area contributed by atoms with Crippen LogP contribution >= 0.6 is 0 Å². The van der Waals surface area contributed by atoms with E-state index < -0.39 is 40.6 Å². The van der Waals surface area contributed by atoms with Crippen LogP contribution in [-0.2, 0) is 33.3 Å². The highest BCUT2D eigenvalue weighted by Gasteiger charge is 2.84. The zero-order chi connectivity index (χ0) is 22.2. The van der Waals surface area contributed by atoms with Gasteiger partial charge in [-0.15, -0.1) is 0 Å². The van der Waals surface area contributed by atoms with Crippen LogP contribution in [0.5, 0.6) is 0 Å². The molecular formula is C23H28O8. The van der Waals surface area contributed by atoms with E-state index in [1.165, 1.54) is 14.0 Å². The number of ether oxygens (including phenoxy) is 4. The molecule has 8 nitrogen and oxygen atoms in total. The van der Waals surface area contributed by atoms with E-state index in [0.717, 1.165) is 5.56 Å². The zero-order valence-electron chi connectivity index (χ0n) is 18.2. The molecule has 2 saturated carbocycles. The molecule has 5 rings (SSSR count). The number of carbonyl (C=O) groups is 3. The quantitative estimate of drug-likeness (QED) is 0.408. The third-order valence-corrected chi connectivity index (χ3v) is 8.57. The first-order chi connectivity index (χ1) is 14.7. The molecule has 1 aromatic rings. The Kier molecular flexibility index (Phi) is 4.36. The minimum atomic E-state index is -1.22. The third kappa shape index (κ3) is 2.42. The third-order valence-electron chi connectivity index (χ3n) is 8.57. The summed E-state index contributed by atoms with van der Waals surface area (Å²) in [6.07, 6.45) is 4.13. The second-order valence-corrected chi connectivity index (χ2v) is 9.68. The lowest BCUT2D eigenvalue weighted by molar-refractivity contribution is -0.210. The maximum absolute atomic E-state index is 13.5. The van der Waals surface area contributed by atoms with Crippen LogP contribution in [0.25, 0.3) is 0 Å². The summed E-state index contributed by atoms with van der Waals surface area (Å²) in [5.41, 5.74) is -2.12. The minimum absolute atomic E-state index is 0.107. The van der Waals surface area contributed by atoms with Crippen molar-refractivity contribution in [1.82, 2.24) is 0 Å². The Hall–Kier alpha value is -2.35. The molecule has 8 atom stereocenters. The summed E-state index contributed by atoms with van der Waals surface area (Å²) < 4.78 is 28.1. The fourth-order valence-corrected chi connectivity index (χ4v) is 7.10. The van der Waals surface area contributed by atoms with E-state index in [1.54, 1.807) is 12.5 Å².